The Kier molecular flexibility index (Phi) is 4.04. The van der Waals surface area contributed by atoms with Crippen LogP contribution in [0.25, 0.3) is 0 Å². The van der Waals surface area contributed by atoms with Gasteiger partial charge < -0.3 is 10.6 Å². The van der Waals surface area contributed by atoms with Crippen molar-refractivity contribution >= 4 is 11.6 Å². The molecule has 4 nitrogen and oxygen atoms in total. The van der Waals surface area contributed by atoms with Crippen LogP contribution in [0.3, 0.4) is 0 Å². The molecule has 2 atom stereocenters. The van der Waals surface area contributed by atoms with E-state index in [4.69, 9.17) is 0 Å². The van der Waals surface area contributed by atoms with E-state index >= 15 is 0 Å². The number of anilines is 2. The fourth-order valence-electron chi connectivity index (χ4n) is 2.72. The minimum atomic E-state index is 0.552. The van der Waals surface area contributed by atoms with Gasteiger partial charge in [0.25, 0.3) is 0 Å². The summed E-state index contributed by atoms with van der Waals surface area (Å²) in [6.07, 6.45) is 5.26. The molecule has 0 spiro atoms. The van der Waals surface area contributed by atoms with E-state index in [1.54, 1.807) is 0 Å². The molecule has 0 amide bonds. The van der Waals surface area contributed by atoms with Crippen LogP contribution in [0.5, 0.6) is 0 Å². The molecule has 2 rings (SSSR count). The molecule has 2 N–H and O–H groups in total. The lowest BCUT2D eigenvalue weighted by atomic mass is 9.86. The highest BCUT2D eigenvalue weighted by atomic mass is 15.1. The summed E-state index contributed by atoms with van der Waals surface area (Å²) in [6, 6.07) is 0.552. The number of aryl methyl sites for hydroxylation is 1. The number of nitrogens with zero attached hydrogens (tertiary/aromatic N) is 2. The van der Waals surface area contributed by atoms with Gasteiger partial charge in [0.1, 0.15) is 17.5 Å². The van der Waals surface area contributed by atoms with E-state index in [0.717, 1.165) is 28.9 Å². The van der Waals surface area contributed by atoms with Crippen molar-refractivity contribution in [2.75, 3.05) is 17.7 Å². The smallest absolute Gasteiger partial charge is 0.134 e. The van der Waals surface area contributed by atoms with E-state index < -0.39 is 0 Å². The van der Waals surface area contributed by atoms with Gasteiger partial charge in [0.15, 0.2) is 0 Å². The maximum Gasteiger partial charge on any atom is 0.134 e. The highest BCUT2D eigenvalue weighted by Gasteiger charge is 2.22. The molecule has 0 aliphatic heterocycles. The Morgan fingerprint density at radius 1 is 1.06 bits per heavy atom. The van der Waals surface area contributed by atoms with E-state index in [-0.39, 0.29) is 0 Å². The highest BCUT2D eigenvalue weighted by molar-refractivity contribution is 5.57. The zero-order valence-corrected chi connectivity index (χ0v) is 11.9. The summed E-state index contributed by atoms with van der Waals surface area (Å²) in [5, 5.41) is 6.76. The molecule has 0 aromatic carbocycles. The standard InChI is InChI=1S/C14H24N4/c1-9-7-5-6-8-12(9)18-14-10(2)13(15-4)16-11(3)17-14/h9,12H,5-8H2,1-4H3,(H2,15,16,17,18). The highest BCUT2D eigenvalue weighted by Crippen LogP contribution is 2.28. The van der Waals surface area contributed by atoms with Crippen LogP contribution >= 0.6 is 0 Å². The van der Waals surface area contributed by atoms with Crippen LogP contribution in [0.1, 0.15) is 44.0 Å². The lowest BCUT2D eigenvalue weighted by molar-refractivity contribution is 0.349. The molecule has 18 heavy (non-hydrogen) atoms. The fourth-order valence-corrected chi connectivity index (χ4v) is 2.72. The Morgan fingerprint density at radius 2 is 1.72 bits per heavy atom. The van der Waals surface area contributed by atoms with Gasteiger partial charge in [0.05, 0.1) is 0 Å². The summed E-state index contributed by atoms with van der Waals surface area (Å²) in [5.41, 5.74) is 1.11. The van der Waals surface area contributed by atoms with Crippen molar-refractivity contribution in [3.63, 3.8) is 0 Å². The first-order valence-electron chi connectivity index (χ1n) is 6.91. The van der Waals surface area contributed by atoms with E-state index in [9.17, 15) is 0 Å². The molecule has 0 radical (unpaired) electrons. The molecule has 100 valence electrons. The molecule has 2 unspecified atom stereocenters. The van der Waals surface area contributed by atoms with Gasteiger partial charge >= 0.3 is 0 Å². The zero-order chi connectivity index (χ0) is 13.1. The zero-order valence-electron chi connectivity index (χ0n) is 11.9. The van der Waals surface area contributed by atoms with Gasteiger partial charge in [-0.3, -0.25) is 0 Å². The molecule has 1 aromatic rings. The Bertz CT molecular complexity index is 417. The molecule has 0 saturated heterocycles. The normalized spacial score (nSPS) is 23.8. The predicted octanol–water partition coefficient (Wildman–Crippen LogP) is 3.13. The second kappa shape index (κ2) is 5.55. The molecule has 4 heteroatoms. The van der Waals surface area contributed by atoms with Gasteiger partial charge in [-0.2, -0.15) is 0 Å². The van der Waals surface area contributed by atoms with Crippen LogP contribution in [-0.4, -0.2) is 23.1 Å². The summed E-state index contributed by atoms with van der Waals surface area (Å²) in [5.74, 6) is 3.46. The first kappa shape index (κ1) is 13.1. The van der Waals surface area contributed by atoms with E-state index in [1.165, 1.54) is 25.7 Å². The van der Waals surface area contributed by atoms with Crippen LogP contribution in [0.2, 0.25) is 0 Å². The fraction of sp³-hybridized carbons (Fsp3) is 0.714. The van der Waals surface area contributed by atoms with Gasteiger partial charge in [0, 0.05) is 18.7 Å². The number of rotatable bonds is 3. The third-order valence-electron chi connectivity index (χ3n) is 3.93. The first-order chi connectivity index (χ1) is 8.61. The summed E-state index contributed by atoms with van der Waals surface area (Å²) >= 11 is 0. The Balaban J connectivity index is 2.20. The van der Waals surface area contributed by atoms with Gasteiger partial charge in [-0.15, -0.1) is 0 Å². The molecular weight excluding hydrogens is 224 g/mol. The van der Waals surface area contributed by atoms with Crippen molar-refractivity contribution < 1.29 is 0 Å². The molecule has 1 saturated carbocycles. The van der Waals surface area contributed by atoms with Gasteiger partial charge in [0.2, 0.25) is 0 Å². The average molecular weight is 248 g/mol. The maximum atomic E-state index is 4.55. The van der Waals surface area contributed by atoms with Gasteiger partial charge in [-0.25, -0.2) is 9.97 Å². The van der Waals surface area contributed by atoms with Gasteiger partial charge in [-0.1, -0.05) is 19.8 Å². The van der Waals surface area contributed by atoms with Gasteiger partial charge in [-0.05, 0) is 32.6 Å². The summed E-state index contributed by atoms with van der Waals surface area (Å²) in [4.78, 5) is 8.95. The second-order valence-corrected chi connectivity index (χ2v) is 5.36. The third-order valence-corrected chi connectivity index (χ3v) is 3.93. The van der Waals surface area contributed by atoms with Crippen LogP contribution in [0.15, 0.2) is 0 Å². The Morgan fingerprint density at radius 3 is 2.39 bits per heavy atom. The van der Waals surface area contributed by atoms with Crippen molar-refractivity contribution in [3.8, 4) is 0 Å². The average Bonchev–Trinajstić information content (AvgIpc) is 2.36. The number of aromatic nitrogens is 2. The quantitative estimate of drug-likeness (QED) is 0.863. The minimum Gasteiger partial charge on any atom is -0.373 e. The molecular formula is C14H24N4. The lowest BCUT2D eigenvalue weighted by Crippen LogP contribution is -2.31. The summed E-state index contributed by atoms with van der Waals surface area (Å²) in [6.45, 7) is 6.34. The maximum absolute atomic E-state index is 4.55. The third kappa shape index (κ3) is 2.74. The molecule has 1 fully saturated rings. The molecule has 1 aliphatic carbocycles. The first-order valence-corrected chi connectivity index (χ1v) is 6.91. The van der Waals surface area contributed by atoms with Crippen molar-refractivity contribution in [1.29, 1.82) is 0 Å². The molecule has 1 heterocycles. The molecule has 1 aliphatic rings. The summed E-state index contributed by atoms with van der Waals surface area (Å²) in [7, 11) is 1.90. The van der Waals surface area contributed by atoms with E-state index in [0.29, 0.717) is 6.04 Å². The molecule has 1 aromatic heterocycles. The predicted molar refractivity (Wildman–Crippen MR) is 76.1 cm³/mol. The topological polar surface area (TPSA) is 49.8 Å². The number of hydrogen-bond acceptors (Lipinski definition) is 4. The largest absolute Gasteiger partial charge is 0.373 e. The summed E-state index contributed by atoms with van der Waals surface area (Å²) < 4.78 is 0. The van der Waals surface area contributed by atoms with Crippen molar-refractivity contribution in [2.24, 2.45) is 5.92 Å². The number of hydrogen-bond donors (Lipinski definition) is 2. The van der Waals surface area contributed by atoms with Crippen molar-refractivity contribution in [1.82, 2.24) is 9.97 Å². The van der Waals surface area contributed by atoms with Crippen LogP contribution in [0.4, 0.5) is 11.6 Å². The Labute approximate surface area is 110 Å². The lowest BCUT2D eigenvalue weighted by Gasteiger charge is -2.30. The minimum absolute atomic E-state index is 0.552. The van der Waals surface area contributed by atoms with Crippen LogP contribution < -0.4 is 10.6 Å². The van der Waals surface area contributed by atoms with E-state index in [1.807, 2.05) is 14.0 Å². The monoisotopic (exact) mass is 248 g/mol. The van der Waals surface area contributed by atoms with E-state index in [2.05, 4.69) is 34.4 Å². The molecule has 0 bridgehead atoms. The second-order valence-electron chi connectivity index (χ2n) is 5.36. The van der Waals surface area contributed by atoms with Crippen molar-refractivity contribution in [2.45, 2.75) is 52.5 Å². The van der Waals surface area contributed by atoms with Crippen LogP contribution in [-0.2, 0) is 0 Å². The van der Waals surface area contributed by atoms with Crippen LogP contribution in [0, 0.1) is 19.8 Å². The SMILES string of the molecule is CNc1nc(C)nc(NC2CCCCC2C)c1C. The van der Waals surface area contributed by atoms with Crippen molar-refractivity contribution in [3.05, 3.63) is 11.4 Å². The Hall–Kier alpha value is -1.32. The number of nitrogens with one attached hydrogen (secondary N) is 2.